The number of aryl methyl sites for hydroxylation is 1. The van der Waals surface area contributed by atoms with E-state index in [1.807, 2.05) is 5.32 Å². The number of nitrogens with one attached hydrogen (secondary N) is 3. The molecule has 2 aromatic rings. The van der Waals surface area contributed by atoms with E-state index >= 15 is 0 Å². The summed E-state index contributed by atoms with van der Waals surface area (Å²) in [5.74, 6) is -0.181. The van der Waals surface area contributed by atoms with Gasteiger partial charge in [0.15, 0.2) is 23.9 Å². The second kappa shape index (κ2) is 11.0. The van der Waals surface area contributed by atoms with Crippen LogP contribution in [0.3, 0.4) is 0 Å². The van der Waals surface area contributed by atoms with Gasteiger partial charge >= 0.3 is 12.0 Å². The van der Waals surface area contributed by atoms with E-state index in [0.717, 1.165) is 11.8 Å². The number of anilines is 2. The number of carbonyl (C=O) groups is 4. The first kappa shape index (κ1) is 22.9. The Bertz CT molecular complexity index is 1010. The Hall–Kier alpha value is -3.74. The molecule has 3 N–H and O–H groups in total. The molecule has 2 heterocycles. The number of fused-ring (bicyclic) bond motifs is 1. The fraction of sp³-hybridized carbons (Fsp3) is 0.316. The number of ether oxygens (including phenoxy) is 3. The number of carbonyl (C=O) groups excluding carboxylic acids is 4. The summed E-state index contributed by atoms with van der Waals surface area (Å²) in [7, 11) is 0. The van der Waals surface area contributed by atoms with Crippen molar-refractivity contribution in [1.82, 2.24) is 10.5 Å². The Morgan fingerprint density at radius 3 is 2.56 bits per heavy atom. The quantitative estimate of drug-likeness (QED) is 0.486. The van der Waals surface area contributed by atoms with Crippen LogP contribution >= 0.6 is 11.8 Å². The van der Waals surface area contributed by atoms with Gasteiger partial charge in [-0.15, -0.1) is 11.8 Å². The first-order chi connectivity index (χ1) is 15.4. The van der Waals surface area contributed by atoms with Gasteiger partial charge in [0, 0.05) is 17.8 Å². The first-order valence-corrected chi connectivity index (χ1v) is 10.5. The molecule has 170 valence electrons. The van der Waals surface area contributed by atoms with Crippen LogP contribution in [-0.2, 0) is 19.1 Å². The molecular weight excluding hydrogens is 444 g/mol. The lowest BCUT2D eigenvalue weighted by atomic mass is 10.2. The molecule has 0 atom stereocenters. The number of urea groups is 1. The van der Waals surface area contributed by atoms with Gasteiger partial charge in [0.1, 0.15) is 19.0 Å². The van der Waals surface area contributed by atoms with Crippen molar-refractivity contribution in [3.63, 3.8) is 0 Å². The minimum atomic E-state index is -0.808. The first-order valence-electron chi connectivity index (χ1n) is 9.36. The van der Waals surface area contributed by atoms with Crippen LogP contribution in [0.4, 0.5) is 16.3 Å². The molecule has 0 radical (unpaired) electrons. The molecule has 12 nitrogen and oxygen atoms in total. The number of hydrogen-bond acceptors (Lipinski definition) is 10. The highest BCUT2D eigenvalue weighted by molar-refractivity contribution is 8.00. The minimum absolute atomic E-state index is 0.0227. The SMILES string of the molecule is Cc1cc(NC(=O)CSCC(=O)OCC(=O)NC(=O)Nc2ccc3c(c2)OCCO3)no1. The van der Waals surface area contributed by atoms with Gasteiger partial charge in [0.05, 0.1) is 11.5 Å². The van der Waals surface area contributed by atoms with Crippen molar-refractivity contribution >= 4 is 47.1 Å². The highest BCUT2D eigenvalue weighted by Crippen LogP contribution is 2.32. The normalized spacial score (nSPS) is 11.9. The molecule has 0 saturated heterocycles. The fourth-order valence-corrected chi connectivity index (χ4v) is 3.07. The number of esters is 1. The van der Waals surface area contributed by atoms with E-state index in [2.05, 4.69) is 15.8 Å². The van der Waals surface area contributed by atoms with Crippen molar-refractivity contribution in [2.45, 2.75) is 6.92 Å². The summed E-state index contributed by atoms with van der Waals surface area (Å²) in [5.41, 5.74) is 0.395. The van der Waals surface area contributed by atoms with Crippen LogP contribution in [0.1, 0.15) is 5.76 Å². The monoisotopic (exact) mass is 464 g/mol. The summed E-state index contributed by atoms with van der Waals surface area (Å²) in [6.45, 7) is 1.89. The Morgan fingerprint density at radius 2 is 1.81 bits per heavy atom. The van der Waals surface area contributed by atoms with Crippen LogP contribution < -0.4 is 25.4 Å². The predicted octanol–water partition coefficient (Wildman–Crippen LogP) is 1.32. The Labute approximate surface area is 186 Å². The molecule has 1 aliphatic rings. The third-order valence-corrected chi connectivity index (χ3v) is 4.67. The van der Waals surface area contributed by atoms with Crippen LogP contribution in [0, 0.1) is 6.92 Å². The summed E-state index contributed by atoms with van der Waals surface area (Å²) in [6.07, 6.45) is 0. The van der Waals surface area contributed by atoms with Crippen molar-refractivity contribution in [3.05, 3.63) is 30.0 Å². The van der Waals surface area contributed by atoms with E-state index in [9.17, 15) is 19.2 Å². The van der Waals surface area contributed by atoms with Gasteiger partial charge in [-0.05, 0) is 19.1 Å². The molecule has 0 aliphatic carbocycles. The van der Waals surface area contributed by atoms with Crippen molar-refractivity contribution < 1.29 is 37.9 Å². The average molecular weight is 464 g/mol. The third kappa shape index (κ3) is 7.19. The number of amides is 4. The highest BCUT2D eigenvalue weighted by Gasteiger charge is 2.15. The van der Waals surface area contributed by atoms with E-state index in [1.165, 1.54) is 0 Å². The van der Waals surface area contributed by atoms with Gasteiger partial charge in [-0.25, -0.2) is 4.79 Å². The molecule has 13 heteroatoms. The van der Waals surface area contributed by atoms with Crippen molar-refractivity contribution in [3.8, 4) is 11.5 Å². The topological polar surface area (TPSA) is 158 Å². The van der Waals surface area contributed by atoms with E-state index in [1.54, 1.807) is 31.2 Å². The maximum atomic E-state index is 11.9. The summed E-state index contributed by atoms with van der Waals surface area (Å²) >= 11 is 0.996. The molecule has 0 saturated carbocycles. The number of imide groups is 1. The molecule has 0 bridgehead atoms. The van der Waals surface area contributed by atoms with E-state index in [0.29, 0.717) is 36.2 Å². The number of benzene rings is 1. The number of thioether (sulfide) groups is 1. The standard InChI is InChI=1S/C19H20N4O8S/c1-11-6-15(23-31-11)21-17(25)9-32-10-18(26)30-8-16(24)22-19(27)20-12-2-3-13-14(7-12)29-5-4-28-13/h2-3,6-7H,4-5,8-10H2,1H3,(H,21,23,25)(H2,20,22,24,27). The zero-order valence-corrected chi connectivity index (χ0v) is 17.8. The maximum Gasteiger partial charge on any atom is 0.325 e. The molecule has 0 fully saturated rings. The molecule has 1 aromatic heterocycles. The second-order valence-electron chi connectivity index (χ2n) is 6.39. The van der Waals surface area contributed by atoms with Crippen LogP contribution in [-0.4, -0.2) is 60.3 Å². The maximum absolute atomic E-state index is 11.9. The lowest BCUT2D eigenvalue weighted by molar-refractivity contribution is -0.145. The zero-order chi connectivity index (χ0) is 22.9. The Kier molecular flexibility index (Phi) is 7.91. The Morgan fingerprint density at radius 1 is 1.03 bits per heavy atom. The molecule has 4 amide bonds. The number of rotatable bonds is 8. The van der Waals surface area contributed by atoms with Crippen molar-refractivity contribution in [2.24, 2.45) is 0 Å². The van der Waals surface area contributed by atoms with Gasteiger partial charge in [-0.2, -0.15) is 0 Å². The predicted molar refractivity (Wildman–Crippen MR) is 113 cm³/mol. The number of aromatic nitrogens is 1. The molecular formula is C19H20N4O8S. The van der Waals surface area contributed by atoms with E-state index in [-0.39, 0.29) is 23.2 Å². The molecule has 1 aromatic carbocycles. The number of nitrogens with zero attached hydrogens (tertiary/aromatic N) is 1. The fourth-order valence-electron chi connectivity index (χ4n) is 2.47. The molecule has 3 rings (SSSR count). The third-order valence-electron chi connectivity index (χ3n) is 3.77. The van der Waals surface area contributed by atoms with Crippen LogP contribution in [0.15, 0.2) is 28.8 Å². The summed E-state index contributed by atoms with van der Waals surface area (Å²) in [6, 6.07) is 5.55. The molecule has 0 spiro atoms. The molecule has 32 heavy (non-hydrogen) atoms. The van der Waals surface area contributed by atoms with Gasteiger partial charge in [-0.3, -0.25) is 19.7 Å². The summed E-state index contributed by atoms with van der Waals surface area (Å²) in [5, 5.41) is 10.6. The average Bonchev–Trinajstić information content (AvgIpc) is 3.16. The van der Waals surface area contributed by atoms with Gasteiger partial charge in [-0.1, -0.05) is 5.16 Å². The Balaban J connectivity index is 1.30. The van der Waals surface area contributed by atoms with Crippen LogP contribution in [0.2, 0.25) is 0 Å². The van der Waals surface area contributed by atoms with Crippen LogP contribution in [0.5, 0.6) is 11.5 Å². The highest BCUT2D eigenvalue weighted by atomic mass is 32.2. The minimum Gasteiger partial charge on any atom is -0.486 e. The van der Waals surface area contributed by atoms with Gasteiger partial charge < -0.3 is 29.4 Å². The largest absolute Gasteiger partial charge is 0.486 e. The van der Waals surface area contributed by atoms with Gasteiger partial charge in [0.25, 0.3) is 5.91 Å². The van der Waals surface area contributed by atoms with Gasteiger partial charge in [0.2, 0.25) is 5.91 Å². The smallest absolute Gasteiger partial charge is 0.325 e. The van der Waals surface area contributed by atoms with Crippen LogP contribution in [0.25, 0.3) is 0 Å². The molecule has 0 unspecified atom stereocenters. The lowest BCUT2D eigenvalue weighted by Crippen LogP contribution is -2.37. The van der Waals surface area contributed by atoms with Crippen molar-refractivity contribution in [1.29, 1.82) is 0 Å². The molecule has 1 aliphatic heterocycles. The van der Waals surface area contributed by atoms with Crippen molar-refractivity contribution in [2.75, 3.05) is 42.0 Å². The van der Waals surface area contributed by atoms with E-state index < -0.39 is 24.5 Å². The van der Waals surface area contributed by atoms with E-state index in [4.69, 9.17) is 18.7 Å². The number of hydrogen-bond donors (Lipinski definition) is 3. The zero-order valence-electron chi connectivity index (χ0n) is 17.0. The summed E-state index contributed by atoms with van der Waals surface area (Å²) in [4.78, 5) is 47.1. The lowest BCUT2D eigenvalue weighted by Gasteiger charge is -2.19. The second-order valence-corrected chi connectivity index (χ2v) is 7.37. The summed E-state index contributed by atoms with van der Waals surface area (Å²) < 4.78 is 20.4.